The highest BCUT2D eigenvalue weighted by Gasteiger charge is 2.08. The fourth-order valence-corrected chi connectivity index (χ4v) is 1.51. The average molecular weight is 255 g/mol. The first-order chi connectivity index (χ1) is 9.06. The van der Waals surface area contributed by atoms with E-state index in [4.69, 9.17) is 10.2 Å². The van der Waals surface area contributed by atoms with Crippen LogP contribution in [0, 0.1) is 6.07 Å². The second-order valence-electron chi connectivity index (χ2n) is 3.91. The number of aromatic hydroxyl groups is 3. The molecule has 95 valence electrons. The molecule has 2 aromatic carbocycles. The van der Waals surface area contributed by atoms with E-state index in [9.17, 15) is 9.90 Å². The molecule has 0 aliphatic carbocycles. The third kappa shape index (κ3) is 3.13. The van der Waals surface area contributed by atoms with Gasteiger partial charge in [0.05, 0.1) is 5.56 Å². The molecule has 0 bridgehead atoms. The number of carbonyl (C=O) groups excluding carboxylic acids is 1. The predicted molar refractivity (Wildman–Crippen MR) is 70.1 cm³/mol. The smallest absolute Gasteiger partial charge is 0.190 e. The number of hydrogen-bond acceptors (Lipinski definition) is 4. The monoisotopic (exact) mass is 255 g/mol. The van der Waals surface area contributed by atoms with Crippen molar-refractivity contribution < 1.29 is 20.1 Å². The molecule has 0 saturated carbocycles. The topological polar surface area (TPSA) is 77.8 Å². The van der Waals surface area contributed by atoms with Crippen LogP contribution in [-0.2, 0) is 0 Å². The van der Waals surface area contributed by atoms with Crippen LogP contribution in [0.25, 0.3) is 6.08 Å². The molecule has 0 spiro atoms. The van der Waals surface area contributed by atoms with Gasteiger partial charge in [-0.25, -0.2) is 0 Å². The maximum absolute atomic E-state index is 11.8. The molecule has 0 atom stereocenters. The summed E-state index contributed by atoms with van der Waals surface area (Å²) in [7, 11) is 0. The Morgan fingerprint density at radius 2 is 1.74 bits per heavy atom. The van der Waals surface area contributed by atoms with Gasteiger partial charge >= 0.3 is 0 Å². The number of phenols is 3. The fourth-order valence-electron chi connectivity index (χ4n) is 1.51. The normalized spacial score (nSPS) is 10.7. The molecule has 19 heavy (non-hydrogen) atoms. The largest absolute Gasteiger partial charge is 0.508 e. The van der Waals surface area contributed by atoms with Gasteiger partial charge in [0.1, 0.15) is 17.2 Å². The Morgan fingerprint density at radius 1 is 1.05 bits per heavy atom. The molecule has 4 nitrogen and oxygen atoms in total. The molecule has 0 aromatic heterocycles. The van der Waals surface area contributed by atoms with Crippen LogP contribution < -0.4 is 0 Å². The van der Waals surface area contributed by atoms with Crippen molar-refractivity contribution in [3.05, 3.63) is 59.7 Å². The van der Waals surface area contributed by atoms with Gasteiger partial charge in [-0.15, -0.1) is 0 Å². The first-order valence-corrected chi connectivity index (χ1v) is 5.51. The standard InChI is InChI=1S/C15H11O4/c16-11-4-1-10(2-5-11)3-8-14(18)13-7-6-12(17)9-15(13)19/h1-6,8-9,16-17,19H/b8-3+. The molecule has 0 fully saturated rings. The van der Waals surface area contributed by atoms with Gasteiger partial charge in [-0.1, -0.05) is 18.2 Å². The average Bonchev–Trinajstić information content (AvgIpc) is 2.37. The highest BCUT2D eigenvalue weighted by molar-refractivity contribution is 6.08. The molecular weight excluding hydrogens is 244 g/mol. The minimum atomic E-state index is -0.425. The summed E-state index contributed by atoms with van der Waals surface area (Å²) >= 11 is 0. The zero-order valence-electron chi connectivity index (χ0n) is 9.87. The third-order valence-electron chi connectivity index (χ3n) is 2.47. The Labute approximate surface area is 109 Å². The molecule has 1 radical (unpaired) electrons. The highest BCUT2D eigenvalue weighted by Crippen LogP contribution is 2.23. The zero-order valence-corrected chi connectivity index (χ0v) is 9.87. The van der Waals surface area contributed by atoms with Gasteiger partial charge in [0.2, 0.25) is 0 Å². The van der Waals surface area contributed by atoms with Crippen LogP contribution in [0.3, 0.4) is 0 Å². The lowest BCUT2D eigenvalue weighted by Gasteiger charge is -2.00. The Hall–Kier alpha value is -2.75. The molecule has 3 N–H and O–H groups in total. The Balaban J connectivity index is 2.18. The lowest BCUT2D eigenvalue weighted by molar-refractivity contribution is 0.104. The summed E-state index contributed by atoms with van der Waals surface area (Å²) in [4.78, 5) is 11.8. The van der Waals surface area contributed by atoms with Gasteiger partial charge in [0, 0.05) is 12.1 Å². The van der Waals surface area contributed by atoms with Crippen molar-refractivity contribution >= 4 is 11.9 Å². The molecule has 4 heteroatoms. The molecule has 0 heterocycles. The van der Waals surface area contributed by atoms with Crippen molar-refractivity contribution in [3.8, 4) is 17.2 Å². The van der Waals surface area contributed by atoms with Crippen molar-refractivity contribution in [1.29, 1.82) is 0 Å². The summed E-state index contributed by atoms with van der Waals surface area (Å²) in [5.41, 5.74) is 0.734. The van der Waals surface area contributed by atoms with Crippen molar-refractivity contribution in [1.82, 2.24) is 0 Å². The number of hydrogen-bond donors (Lipinski definition) is 3. The van der Waals surface area contributed by atoms with E-state index >= 15 is 0 Å². The first kappa shape index (κ1) is 12.7. The van der Waals surface area contributed by atoms with Crippen molar-refractivity contribution in [2.75, 3.05) is 0 Å². The number of carbonyl (C=O) groups is 1. The molecule has 0 unspecified atom stereocenters. The molecule has 0 aliphatic heterocycles. The molecule has 2 rings (SSSR count). The Kier molecular flexibility index (Phi) is 3.52. The van der Waals surface area contributed by atoms with E-state index in [0.29, 0.717) is 0 Å². The molecular formula is C15H11O4. The predicted octanol–water partition coefficient (Wildman–Crippen LogP) is 2.50. The van der Waals surface area contributed by atoms with Gasteiger partial charge in [0.25, 0.3) is 0 Å². The van der Waals surface area contributed by atoms with Crippen molar-refractivity contribution in [2.45, 2.75) is 0 Å². The summed E-state index contributed by atoms with van der Waals surface area (Å²) in [5, 5.41) is 27.7. The molecule has 2 aromatic rings. The number of ketones is 1. The third-order valence-corrected chi connectivity index (χ3v) is 2.47. The lowest BCUT2D eigenvalue weighted by atomic mass is 10.1. The zero-order chi connectivity index (χ0) is 13.8. The van der Waals surface area contributed by atoms with Gasteiger partial charge in [-0.2, -0.15) is 0 Å². The summed E-state index contributed by atoms with van der Waals surface area (Å²) in [6.45, 7) is 0. The van der Waals surface area contributed by atoms with E-state index in [0.717, 1.165) is 11.6 Å². The van der Waals surface area contributed by atoms with Crippen molar-refractivity contribution in [2.24, 2.45) is 0 Å². The second kappa shape index (κ2) is 5.27. The van der Waals surface area contributed by atoms with E-state index < -0.39 is 5.78 Å². The van der Waals surface area contributed by atoms with Gasteiger partial charge in [-0.05, 0) is 29.8 Å². The molecule has 0 amide bonds. The van der Waals surface area contributed by atoms with Crippen molar-refractivity contribution in [3.63, 3.8) is 0 Å². The number of phenolic OH excluding ortho intramolecular Hbond substituents is 3. The fraction of sp³-hybridized carbons (Fsp3) is 0. The summed E-state index contributed by atoms with van der Waals surface area (Å²) in [6.07, 6.45) is 2.84. The first-order valence-electron chi connectivity index (χ1n) is 5.51. The minimum Gasteiger partial charge on any atom is -0.508 e. The van der Waals surface area contributed by atoms with E-state index in [2.05, 4.69) is 6.07 Å². The van der Waals surface area contributed by atoms with Crippen LogP contribution in [-0.4, -0.2) is 21.1 Å². The summed E-state index contributed by atoms with van der Waals surface area (Å²) in [5.74, 6) is -0.754. The van der Waals surface area contributed by atoms with Crippen LogP contribution in [0.1, 0.15) is 15.9 Å². The lowest BCUT2D eigenvalue weighted by Crippen LogP contribution is -1.94. The van der Waals surface area contributed by atoms with E-state index in [1.807, 2.05) is 0 Å². The van der Waals surface area contributed by atoms with Crippen LogP contribution in [0.15, 0.2) is 42.5 Å². The van der Waals surface area contributed by atoms with Crippen LogP contribution in [0.2, 0.25) is 0 Å². The van der Waals surface area contributed by atoms with Gasteiger partial charge < -0.3 is 15.3 Å². The number of rotatable bonds is 3. The Bertz CT molecular complexity index is 627. The number of benzene rings is 2. The van der Waals surface area contributed by atoms with Gasteiger partial charge in [0.15, 0.2) is 5.78 Å². The Morgan fingerprint density at radius 3 is 2.37 bits per heavy atom. The summed E-state index contributed by atoms with van der Waals surface area (Å²) in [6, 6.07) is 11.1. The molecule has 0 saturated heterocycles. The highest BCUT2D eigenvalue weighted by atomic mass is 16.3. The second-order valence-corrected chi connectivity index (χ2v) is 3.91. The number of allylic oxidation sites excluding steroid dienone is 1. The maximum Gasteiger partial charge on any atom is 0.190 e. The van der Waals surface area contributed by atoms with Crippen LogP contribution in [0.4, 0.5) is 0 Å². The van der Waals surface area contributed by atoms with E-state index in [1.54, 1.807) is 18.2 Å². The van der Waals surface area contributed by atoms with Gasteiger partial charge in [-0.3, -0.25) is 4.79 Å². The quantitative estimate of drug-likeness (QED) is 0.581. The molecule has 0 aliphatic rings. The van der Waals surface area contributed by atoms with Crippen LogP contribution in [0.5, 0.6) is 17.2 Å². The van der Waals surface area contributed by atoms with E-state index in [1.165, 1.54) is 24.3 Å². The van der Waals surface area contributed by atoms with Crippen LogP contribution >= 0.6 is 0 Å². The van der Waals surface area contributed by atoms with E-state index in [-0.39, 0.29) is 22.8 Å². The SMILES string of the molecule is O=C(/C=C/c1ccc(O)cc1)c1[c]cc(O)cc1O. The summed E-state index contributed by atoms with van der Waals surface area (Å²) < 4.78 is 0. The maximum atomic E-state index is 11.8. The minimum absolute atomic E-state index is 0.00664.